The lowest BCUT2D eigenvalue weighted by Crippen LogP contribution is -2.39. The first-order chi connectivity index (χ1) is 6.59. The minimum absolute atomic E-state index is 0.0211. The van der Waals surface area contributed by atoms with Gasteiger partial charge >= 0.3 is 0 Å². The summed E-state index contributed by atoms with van der Waals surface area (Å²) in [4.78, 5) is 21.5. The zero-order valence-corrected chi connectivity index (χ0v) is 8.25. The van der Waals surface area contributed by atoms with Crippen LogP contribution in [0.4, 0.5) is 0 Å². The molecule has 0 spiro atoms. The third kappa shape index (κ3) is 4.23. The van der Waals surface area contributed by atoms with E-state index in [0.717, 1.165) is 12.8 Å². The molecule has 1 unspecified atom stereocenters. The molecule has 1 fully saturated rings. The summed E-state index contributed by atoms with van der Waals surface area (Å²) in [6.07, 6.45) is 1.65. The van der Waals surface area contributed by atoms with Crippen LogP contribution in [0.3, 0.4) is 0 Å². The first-order valence-corrected chi connectivity index (χ1v) is 4.79. The highest BCUT2D eigenvalue weighted by molar-refractivity contribution is 5.83. The van der Waals surface area contributed by atoms with Crippen molar-refractivity contribution in [3.8, 4) is 0 Å². The van der Waals surface area contributed by atoms with Gasteiger partial charge in [0.25, 0.3) is 0 Å². The van der Waals surface area contributed by atoms with E-state index in [2.05, 4.69) is 10.6 Å². The lowest BCUT2D eigenvalue weighted by Gasteiger charge is -2.10. The van der Waals surface area contributed by atoms with Gasteiger partial charge in [0.05, 0.1) is 12.6 Å². The molecule has 5 nitrogen and oxygen atoms in total. The van der Waals surface area contributed by atoms with Gasteiger partial charge in [-0.1, -0.05) is 0 Å². The number of carbonyl (C=O) groups excluding carboxylic acids is 2. The number of amides is 2. The zero-order valence-electron chi connectivity index (χ0n) is 8.25. The predicted molar refractivity (Wildman–Crippen MR) is 50.4 cm³/mol. The quantitative estimate of drug-likeness (QED) is 0.533. The van der Waals surface area contributed by atoms with Crippen molar-refractivity contribution in [1.29, 1.82) is 0 Å². The Labute approximate surface area is 82.9 Å². The smallest absolute Gasteiger partial charge is 0.239 e. The Morgan fingerprint density at radius 3 is 2.57 bits per heavy atom. The second-order valence-electron chi connectivity index (χ2n) is 3.62. The highest BCUT2D eigenvalue weighted by Gasteiger charge is 2.29. The van der Waals surface area contributed by atoms with E-state index >= 15 is 0 Å². The van der Waals surface area contributed by atoms with Crippen molar-refractivity contribution in [3.05, 3.63) is 0 Å². The summed E-state index contributed by atoms with van der Waals surface area (Å²) < 4.78 is 0. The Kier molecular flexibility index (Phi) is 3.88. The van der Waals surface area contributed by atoms with Crippen LogP contribution in [0.1, 0.15) is 19.8 Å². The Morgan fingerprint density at radius 2 is 2.07 bits per heavy atom. The molecule has 14 heavy (non-hydrogen) atoms. The molecule has 0 heterocycles. The molecular weight excluding hydrogens is 184 g/mol. The van der Waals surface area contributed by atoms with Gasteiger partial charge in [-0.3, -0.25) is 9.59 Å². The van der Waals surface area contributed by atoms with Gasteiger partial charge in [0.2, 0.25) is 11.8 Å². The van der Waals surface area contributed by atoms with E-state index in [1.807, 2.05) is 0 Å². The molecule has 3 N–H and O–H groups in total. The van der Waals surface area contributed by atoms with E-state index in [1.165, 1.54) is 6.92 Å². The summed E-state index contributed by atoms with van der Waals surface area (Å²) in [6.45, 7) is 1.61. The molecule has 2 amide bonds. The summed E-state index contributed by atoms with van der Waals surface area (Å²) in [5, 5.41) is 14.3. The van der Waals surface area contributed by atoms with Crippen molar-refractivity contribution < 1.29 is 14.7 Å². The molecule has 0 radical (unpaired) electrons. The number of rotatable bonds is 5. The van der Waals surface area contributed by atoms with E-state index in [9.17, 15) is 14.7 Å². The Bertz CT molecular complexity index is 226. The van der Waals surface area contributed by atoms with E-state index in [0.29, 0.717) is 5.92 Å². The van der Waals surface area contributed by atoms with Crippen molar-refractivity contribution in [1.82, 2.24) is 10.6 Å². The van der Waals surface area contributed by atoms with Crippen LogP contribution in [-0.4, -0.2) is 36.1 Å². The van der Waals surface area contributed by atoms with Gasteiger partial charge in [-0.15, -0.1) is 0 Å². The third-order valence-corrected chi connectivity index (χ3v) is 2.17. The Hall–Kier alpha value is -1.10. The van der Waals surface area contributed by atoms with Gasteiger partial charge in [0.15, 0.2) is 0 Å². The van der Waals surface area contributed by atoms with Crippen LogP contribution in [0.15, 0.2) is 0 Å². The van der Waals surface area contributed by atoms with E-state index in [1.54, 1.807) is 0 Å². The molecule has 1 aliphatic rings. The maximum Gasteiger partial charge on any atom is 0.239 e. The van der Waals surface area contributed by atoms with Gasteiger partial charge in [-0.05, 0) is 18.8 Å². The number of carbonyl (C=O) groups is 2. The minimum atomic E-state index is -0.434. The van der Waals surface area contributed by atoms with Crippen LogP contribution < -0.4 is 10.6 Å². The van der Waals surface area contributed by atoms with Crippen LogP contribution >= 0.6 is 0 Å². The molecule has 0 aliphatic heterocycles. The van der Waals surface area contributed by atoms with E-state index in [4.69, 9.17) is 0 Å². The van der Waals surface area contributed by atoms with Gasteiger partial charge in [-0.25, -0.2) is 0 Å². The molecule has 0 aromatic carbocycles. The fourth-order valence-electron chi connectivity index (χ4n) is 1.13. The van der Waals surface area contributed by atoms with Gasteiger partial charge in [0.1, 0.15) is 0 Å². The molecule has 0 aromatic rings. The maximum absolute atomic E-state index is 11.1. The van der Waals surface area contributed by atoms with Crippen molar-refractivity contribution >= 4 is 11.8 Å². The summed E-state index contributed by atoms with van der Waals surface area (Å²) >= 11 is 0. The molecule has 1 atom stereocenters. The van der Waals surface area contributed by atoms with Crippen LogP contribution in [0.5, 0.6) is 0 Å². The number of nitrogens with one attached hydrogen (secondary N) is 2. The predicted octanol–water partition coefficient (Wildman–Crippen LogP) is -0.990. The van der Waals surface area contributed by atoms with Gasteiger partial charge in [0, 0.05) is 13.5 Å². The van der Waals surface area contributed by atoms with Crippen LogP contribution in [0, 0.1) is 5.92 Å². The van der Waals surface area contributed by atoms with Crippen LogP contribution in [-0.2, 0) is 9.59 Å². The molecule has 0 bridgehead atoms. The Balaban J connectivity index is 2.04. The highest BCUT2D eigenvalue weighted by Crippen LogP contribution is 2.32. The number of hydrogen-bond donors (Lipinski definition) is 3. The third-order valence-electron chi connectivity index (χ3n) is 2.17. The first kappa shape index (κ1) is 11.0. The van der Waals surface area contributed by atoms with E-state index < -0.39 is 6.10 Å². The molecule has 5 heteroatoms. The molecular formula is C9H16N2O3. The fraction of sp³-hybridized carbons (Fsp3) is 0.778. The average molecular weight is 200 g/mol. The first-order valence-electron chi connectivity index (χ1n) is 4.79. The summed E-state index contributed by atoms with van der Waals surface area (Å²) in [6, 6.07) is 0. The molecule has 80 valence electrons. The zero-order chi connectivity index (χ0) is 10.6. The number of hydrogen-bond acceptors (Lipinski definition) is 3. The normalized spacial score (nSPS) is 17.3. The monoisotopic (exact) mass is 200 g/mol. The lowest BCUT2D eigenvalue weighted by molar-refractivity contribution is -0.125. The standard InChI is InChI=1S/C9H16N2O3/c1-6(12)10-5-9(14)11-4-8(13)7-2-3-7/h7-8,13H,2-5H2,1H3,(H,10,12)(H,11,14). The molecule has 1 saturated carbocycles. The minimum Gasteiger partial charge on any atom is -0.391 e. The van der Waals surface area contributed by atoms with Crippen molar-refractivity contribution in [3.63, 3.8) is 0 Å². The topological polar surface area (TPSA) is 78.4 Å². The van der Waals surface area contributed by atoms with Crippen LogP contribution in [0.2, 0.25) is 0 Å². The Morgan fingerprint density at radius 1 is 1.43 bits per heavy atom. The molecule has 1 rings (SSSR count). The summed E-state index contributed by atoms with van der Waals surface area (Å²) in [5.74, 6) is -0.140. The molecule has 1 aliphatic carbocycles. The van der Waals surface area contributed by atoms with Gasteiger partial charge < -0.3 is 15.7 Å². The lowest BCUT2D eigenvalue weighted by atomic mass is 10.2. The van der Waals surface area contributed by atoms with Crippen molar-refractivity contribution in [2.75, 3.05) is 13.1 Å². The van der Waals surface area contributed by atoms with Crippen molar-refractivity contribution in [2.24, 2.45) is 5.92 Å². The van der Waals surface area contributed by atoms with Gasteiger partial charge in [-0.2, -0.15) is 0 Å². The molecule has 0 aromatic heterocycles. The average Bonchev–Trinajstić information content (AvgIpc) is 2.93. The number of aliphatic hydroxyl groups excluding tert-OH is 1. The maximum atomic E-state index is 11.1. The van der Waals surface area contributed by atoms with E-state index in [-0.39, 0.29) is 24.9 Å². The summed E-state index contributed by atoms with van der Waals surface area (Å²) in [5.41, 5.74) is 0. The fourth-order valence-corrected chi connectivity index (χ4v) is 1.13. The highest BCUT2D eigenvalue weighted by atomic mass is 16.3. The second kappa shape index (κ2) is 4.95. The van der Waals surface area contributed by atoms with Crippen LogP contribution in [0.25, 0.3) is 0 Å². The number of aliphatic hydroxyl groups is 1. The largest absolute Gasteiger partial charge is 0.391 e. The second-order valence-corrected chi connectivity index (χ2v) is 3.62. The SMILES string of the molecule is CC(=O)NCC(=O)NCC(O)C1CC1. The summed E-state index contributed by atoms with van der Waals surface area (Å²) in [7, 11) is 0. The molecule has 0 saturated heterocycles. The van der Waals surface area contributed by atoms with Crippen molar-refractivity contribution in [2.45, 2.75) is 25.9 Å².